The summed E-state index contributed by atoms with van der Waals surface area (Å²) >= 11 is 0. The van der Waals surface area contributed by atoms with Gasteiger partial charge in [-0.2, -0.15) is 5.10 Å². The zero-order valence-corrected chi connectivity index (χ0v) is 9.45. The molecule has 0 aliphatic heterocycles. The molecule has 18 heavy (non-hydrogen) atoms. The van der Waals surface area contributed by atoms with Crippen LogP contribution >= 0.6 is 0 Å². The van der Waals surface area contributed by atoms with Crippen LogP contribution in [0.5, 0.6) is 0 Å². The van der Waals surface area contributed by atoms with Crippen molar-refractivity contribution in [3.05, 3.63) is 65.3 Å². The van der Waals surface area contributed by atoms with E-state index in [9.17, 15) is 4.79 Å². The molecule has 2 heterocycles. The van der Waals surface area contributed by atoms with Crippen LogP contribution in [0.2, 0.25) is 0 Å². The molecule has 0 radical (unpaired) electrons. The lowest BCUT2D eigenvalue weighted by Gasteiger charge is -2.04. The first-order chi connectivity index (χ1) is 8.86. The van der Waals surface area contributed by atoms with Gasteiger partial charge in [-0.15, -0.1) is 0 Å². The molecular weight excluding hydrogens is 228 g/mol. The minimum Gasteiger partial charge on any atom is -0.263 e. The number of hydrogen-bond donors (Lipinski definition) is 1. The lowest BCUT2D eigenvalue weighted by molar-refractivity contribution is 0.976. The van der Waals surface area contributed by atoms with E-state index < -0.39 is 0 Å². The van der Waals surface area contributed by atoms with Crippen LogP contribution in [0.15, 0.2) is 59.7 Å². The van der Waals surface area contributed by atoms with E-state index >= 15 is 0 Å². The molecule has 0 fully saturated rings. The summed E-state index contributed by atoms with van der Waals surface area (Å²) in [5.74, 6) is 0.577. The number of pyridine rings is 1. The third-order valence-corrected chi connectivity index (χ3v) is 2.61. The standard InChI is InChI=1S/C13H10N4O/c18-13-16-15-12(10-5-2-1-3-6-10)17(13)11-7-4-8-14-9-11/h1-9H,(H,16,18). The van der Waals surface area contributed by atoms with Crippen molar-refractivity contribution in [2.45, 2.75) is 0 Å². The molecule has 0 saturated heterocycles. The summed E-state index contributed by atoms with van der Waals surface area (Å²) in [5.41, 5.74) is 1.29. The fourth-order valence-electron chi connectivity index (χ4n) is 1.80. The van der Waals surface area contributed by atoms with Gasteiger partial charge in [0.25, 0.3) is 0 Å². The highest BCUT2D eigenvalue weighted by Gasteiger charge is 2.11. The van der Waals surface area contributed by atoms with Crippen LogP contribution in [0, 0.1) is 0 Å². The van der Waals surface area contributed by atoms with E-state index in [2.05, 4.69) is 15.2 Å². The van der Waals surface area contributed by atoms with Crippen molar-refractivity contribution in [1.82, 2.24) is 19.7 Å². The van der Waals surface area contributed by atoms with Crippen molar-refractivity contribution < 1.29 is 0 Å². The summed E-state index contributed by atoms with van der Waals surface area (Å²) in [6.07, 6.45) is 3.29. The zero-order chi connectivity index (χ0) is 12.4. The molecule has 0 atom stereocenters. The van der Waals surface area contributed by atoms with E-state index in [1.165, 1.54) is 4.57 Å². The monoisotopic (exact) mass is 238 g/mol. The quantitative estimate of drug-likeness (QED) is 0.738. The molecule has 0 aliphatic rings. The Kier molecular flexibility index (Phi) is 2.49. The van der Waals surface area contributed by atoms with E-state index in [1.54, 1.807) is 18.5 Å². The number of hydrogen-bond acceptors (Lipinski definition) is 3. The molecule has 0 spiro atoms. The summed E-state index contributed by atoms with van der Waals surface area (Å²) in [4.78, 5) is 15.8. The van der Waals surface area contributed by atoms with Crippen LogP contribution in [0.3, 0.4) is 0 Å². The maximum absolute atomic E-state index is 11.8. The number of rotatable bonds is 2. The van der Waals surface area contributed by atoms with Crippen molar-refractivity contribution in [1.29, 1.82) is 0 Å². The van der Waals surface area contributed by atoms with Crippen LogP contribution in [0.1, 0.15) is 0 Å². The highest BCUT2D eigenvalue weighted by Crippen LogP contribution is 2.17. The number of H-pyrrole nitrogens is 1. The Balaban J connectivity index is 2.23. The summed E-state index contributed by atoms with van der Waals surface area (Å²) in [6.45, 7) is 0. The van der Waals surface area contributed by atoms with E-state index in [0.717, 1.165) is 5.56 Å². The molecule has 1 N–H and O–H groups in total. The van der Waals surface area contributed by atoms with Gasteiger partial charge in [-0.3, -0.25) is 4.98 Å². The fraction of sp³-hybridized carbons (Fsp3) is 0. The number of aromatic nitrogens is 4. The van der Waals surface area contributed by atoms with Gasteiger partial charge in [0, 0.05) is 11.8 Å². The molecule has 0 unspecified atom stereocenters. The third kappa shape index (κ3) is 1.71. The molecule has 0 bridgehead atoms. The fourth-order valence-corrected chi connectivity index (χ4v) is 1.80. The lowest BCUT2D eigenvalue weighted by Crippen LogP contribution is -2.15. The number of benzene rings is 1. The first kappa shape index (κ1) is 10.5. The van der Waals surface area contributed by atoms with Gasteiger partial charge in [0.15, 0.2) is 5.82 Å². The van der Waals surface area contributed by atoms with Crippen LogP contribution in [-0.2, 0) is 0 Å². The summed E-state index contributed by atoms with van der Waals surface area (Å²) < 4.78 is 1.50. The van der Waals surface area contributed by atoms with Crippen LogP contribution in [-0.4, -0.2) is 19.7 Å². The summed E-state index contributed by atoms with van der Waals surface area (Å²) in [5, 5.41) is 6.52. The smallest absolute Gasteiger partial charge is 0.263 e. The highest BCUT2D eigenvalue weighted by atomic mass is 16.1. The molecule has 5 nitrogen and oxygen atoms in total. The van der Waals surface area contributed by atoms with Crippen LogP contribution in [0.25, 0.3) is 17.1 Å². The Hall–Kier alpha value is -2.69. The van der Waals surface area contributed by atoms with Crippen LogP contribution < -0.4 is 5.69 Å². The molecule has 2 aromatic heterocycles. The molecule has 1 aromatic carbocycles. The average Bonchev–Trinajstić information content (AvgIpc) is 2.83. The van der Waals surface area contributed by atoms with Crippen molar-refractivity contribution in [2.75, 3.05) is 0 Å². The number of nitrogens with one attached hydrogen (secondary N) is 1. The first-order valence-electron chi connectivity index (χ1n) is 5.49. The van der Waals surface area contributed by atoms with Crippen LogP contribution in [0.4, 0.5) is 0 Å². The van der Waals surface area contributed by atoms with Gasteiger partial charge in [0.05, 0.1) is 11.9 Å². The highest BCUT2D eigenvalue weighted by molar-refractivity contribution is 5.57. The Morgan fingerprint density at radius 2 is 1.89 bits per heavy atom. The molecular formula is C13H10N4O. The molecule has 0 amide bonds. The first-order valence-corrected chi connectivity index (χ1v) is 5.49. The molecule has 3 aromatic rings. The lowest BCUT2D eigenvalue weighted by atomic mass is 10.2. The van der Waals surface area contributed by atoms with Gasteiger partial charge in [-0.1, -0.05) is 30.3 Å². The molecule has 5 heteroatoms. The Labute approximate surface area is 103 Å². The number of nitrogens with zero attached hydrogens (tertiary/aromatic N) is 3. The Morgan fingerprint density at radius 1 is 1.06 bits per heavy atom. The van der Waals surface area contributed by atoms with Gasteiger partial charge in [-0.25, -0.2) is 14.5 Å². The maximum atomic E-state index is 11.8. The van der Waals surface area contributed by atoms with E-state index in [4.69, 9.17) is 0 Å². The SMILES string of the molecule is O=c1[nH]nc(-c2ccccc2)n1-c1cccnc1. The minimum atomic E-state index is -0.276. The molecule has 88 valence electrons. The van der Waals surface area contributed by atoms with Gasteiger partial charge in [0.1, 0.15) is 0 Å². The molecule has 0 saturated carbocycles. The molecule has 3 rings (SSSR count). The van der Waals surface area contributed by atoms with E-state index in [-0.39, 0.29) is 5.69 Å². The second-order valence-electron chi connectivity index (χ2n) is 3.77. The van der Waals surface area contributed by atoms with Crippen molar-refractivity contribution in [2.24, 2.45) is 0 Å². The van der Waals surface area contributed by atoms with Crippen molar-refractivity contribution >= 4 is 0 Å². The minimum absolute atomic E-state index is 0.276. The second-order valence-corrected chi connectivity index (χ2v) is 3.77. The predicted molar refractivity (Wildman–Crippen MR) is 67.4 cm³/mol. The largest absolute Gasteiger partial charge is 0.348 e. The zero-order valence-electron chi connectivity index (χ0n) is 9.45. The normalized spacial score (nSPS) is 10.4. The topological polar surface area (TPSA) is 63.6 Å². The third-order valence-electron chi connectivity index (χ3n) is 2.61. The van der Waals surface area contributed by atoms with E-state index in [0.29, 0.717) is 11.5 Å². The van der Waals surface area contributed by atoms with Gasteiger partial charge >= 0.3 is 5.69 Å². The van der Waals surface area contributed by atoms with E-state index in [1.807, 2.05) is 36.4 Å². The van der Waals surface area contributed by atoms with Gasteiger partial charge in [-0.05, 0) is 12.1 Å². The van der Waals surface area contributed by atoms with Crippen molar-refractivity contribution in [3.63, 3.8) is 0 Å². The maximum Gasteiger partial charge on any atom is 0.348 e. The number of aromatic amines is 1. The van der Waals surface area contributed by atoms with Gasteiger partial charge in [0.2, 0.25) is 0 Å². The summed E-state index contributed by atoms with van der Waals surface area (Å²) in [7, 11) is 0. The summed E-state index contributed by atoms with van der Waals surface area (Å²) in [6, 6.07) is 13.1. The Morgan fingerprint density at radius 3 is 2.61 bits per heavy atom. The Bertz CT molecular complexity index is 701. The van der Waals surface area contributed by atoms with Crippen molar-refractivity contribution in [3.8, 4) is 17.1 Å². The van der Waals surface area contributed by atoms with Gasteiger partial charge < -0.3 is 0 Å². The average molecular weight is 238 g/mol. The predicted octanol–water partition coefficient (Wildman–Crippen LogP) is 1.62. The second kappa shape index (κ2) is 4.29. The molecule has 0 aliphatic carbocycles.